The van der Waals surface area contributed by atoms with Crippen LogP contribution in [-0.2, 0) is 0 Å². The number of alkyl halides is 1. The molecule has 0 N–H and O–H groups in total. The highest BCUT2D eigenvalue weighted by molar-refractivity contribution is 9.09. The number of rotatable bonds is 6. The lowest BCUT2D eigenvalue weighted by molar-refractivity contribution is 0.0730. The van der Waals surface area contributed by atoms with Crippen LogP contribution in [0.4, 0.5) is 0 Å². The second kappa shape index (κ2) is 7.83. The molecule has 0 spiro atoms. The van der Waals surface area contributed by atoms with Gasteiger partial charge in [-0.05, 0) is 63.8 Å². The topological polar surface area (TPSA) is 29.5 Å². The van der Waals surface area contributed by atoms with E-state index in [4.69, 9.17) is 4.74 Å². The molecular weight excluding hydrogens is 330 g/mol. The highest BCUT2D eigenvalue weighted by Crippen LogP contribution is 2.24. The molecule has 1 aromatic carbocycles. The van der Waals surface area contributed by atoms with Gasteiger partial charge in [-0.15, -0.1) is 0 Å². The van der Waals surface area contributed by atoms with Gasteiger partial charge in [-0.2, -0.15) is 0 Å². The Morgan fingerprint density at radius 1 is 1.38 bits per heavy atom. The first-order valence-corrected chi connectivity index (χ1v) is 8.87. The van der Waals surface area contributed by atoms with Crippen LogP contribution >= 0.6 is 15.9 Å². The second-order valence-electron chi connectivity index (χ2n) is 5.82. The molecule has 116 valence electrons. The summed E-state index contributed by atoms with van der Waals surface area (Å²) in [6, 6.07) is 7.93. The van der Waals surface area contributed by atoms with E-state index >= 15 is 0 Å². The Kier molecular flexibility index (Phi) is 6.09. The largest absolute Gasteiger partial charge is 0.491 e. The lowest BCUT2D eigenvalue weighted by Gasteiger charge is -2.24. The number of hydrogen-bond donors (Lipinski definition) is 0. The lowest BCUT2D eigenvalue weighted by atomic mass is 10.1. The number of benzene rings is 1. The number of amides is 1. The number of hydrogen-bond acceptors (Lipinski definition) is 2. The van der Waals surface area contributed by atoms with Gasteiger partial charge in [0.2, 0.25) is 0 Å². The first kappa shape index (κ1) is 16.3. The van der Waals surface area contributed by atoms with Crippen LogP contribution in [0.25, 0.3) is 0 Å². The average Bonchev–Trinajstić information content (AvgIpc) is 2.93. The fraction of sp³-hybridized carbons (Fsp3) is 0.588. The van der Waals surface area contributed by atoms with Crippen molar-refractivity contribution >= 4 is 21.8 Å². The Hall–Kier alpha value is -1.03. The van der Waals surface area contributed by atoms with E-state index in [0.29, 0.717) is 6.04 Å². The van der Waals surface area contributed by atoms with Crippen molar-refractivity contribution in [3.63, 3.8) is 0 Å². The van der Waals surface area contributed by atoms with Crippen molar-refractivity contribution in [1.82, 2.24) is 4.90 Å². The van der Waals surface area contributed by atoms with Crippen molar-refractivity contribution in [2.24, 2.45) is 0 Å². The Balaban J connectivity index is 2.01. The maximum absolute atomic E-state index is 12.6. The van der Waals surface area contributed by atoms with Crippen molar-refractivity contribution in [3.05, 3.63) is 29.8 Å². The third kappa shape index (κ3) is 4.47. The van der Waals surface area contributed by atoms with Gasteiger partial charge in [0.15, 0.2) is 0 Å². The molecule has 0 aromatic heterocycles. The average molecular weight is 354 g/mol. The van der Waals surface area contributed by atoms with Gasteiger partial charge in [-0.3, -0.25) is 4.79 Å². The van der Waals surface area contributed by atoms with E-state index in [9.17, 15) is 4.79 Å². The van der Waals surface area contributed by atoms with Crippen molar-refractivity contribution in [3.8, 4) is 5.75 Å². The molecule has 4 heteroatoms. The molecule has 0 aliphatic carbocycles. The minimum Gasteiger partial charge on any atom is -0.491 e. The van der Waals surface area contributed by atoms with Gasteiger partial charge in [0.05, 0.1) is 6.10 Å². The summed E-state index contributed by atoms with van der Waals surface area (Å²) in [4.78, 5) is 14.7. The summed E-state index contributed by atoms with van der Waals surface area (Å²) in [6.07, 6.45) is 4.61. The van der Waals surface area contributed by atoms with Crippen molar-refractivity contribution in [2.75, 3.05) is 11.9 Å². The van der Waals surface area contributed by atoms with Crippen LogP contribution in [-0.4, -0.2) is 34.8 Å². The summed E-state index contributed by atoms with van der Waals surface area (Å²) in [5.41, 5.74) is 0.761. The second-order valence-corrected chi connectivity index (χ2v) is 6.61. The highest BCUT2D eigenvalue weighted by atomic mass is 79.9. The number of nitrogens with zero attached hydrogens (tertiary/aromatic N) is 1. The molecule has 1 saturated heterocycles. The Morgan fingerprint density at radius 2 is 2.10 bits per heavy atom. The maximum Gasteiger partial charge on any atom is 0.254 e. The van der Waals surface area contributed by atoms with Crippen molar-refractivity contribution < 1.29 is 9.53 Å². The zero-order valence-electron chi connectivity index (χ0n) is 12.8. The molecule has 1 fully saturated rings. The van der Waals surface area contributed by atoms with E-state index < -0.39 is 0 Å². The monoisotopic (exact) mass is 353 g/mol. The van der Waals surface area contributed by atoms with Gasteiger partial charge in [-0.1, -0.05) is 15.9 Å². The van der Waals surface area contributed by atoms with E-state index in [2.05, 4.69) is 15.9 Å². The minimum absolute atomic E-state index is 0.152. The van der Waals surface area contributed by atoms with Crippen molar-refractivity contribution in [1.29, 1.82) is 0 Å². The van der Waals surface area contributed by atoms with Crippen LogP contribution in [0.5, 0.6) is 5.75 Å². The van der Waals surface area contributed by atoms with E-state index in [1.807, 2.05) is 43.0 Å². The van der Waals surface area contributed by atoms with E-state index in [-0.39, 0.29) is 12.0 Å². The molecule has 1 heterocycles. The Labute approximate surface area is 135 Å². The van der Waals surface area contributed by atoms with Gasteiger partial charge < -0.3 is 9.64 Å². The lowest BCUT2D eigenvalue weighted by Crippen LogP contribution is -2.35. The number of carbonyl (C=O) groups excluding carboxylic acids is 1. The SMILES string of the molecule is CC(C)Oc1ccc(C(=O)N2CCCC2CCCBr)cc1. The summed E-state index contributed by atoms with van der Waals surface area (Å²) < 4.78 is 5.62. The third-order valence-electron chi connectivity index (χ3n) is 3.78. The molecule has 2 rings (SSSR count). The van der Waals surface area contributed by atoms with Gasteiger partial charge >= 0.3 is 0 Å². The molecule has 3 nitrogen and oxygen atoms in total. The summed E-state index contributed by atoms with van der Waals surface area (Å²) in [6.45, 7) is 4.88. The van der Waals surface area contributed by atoms with Gasteiger partial charge in [0.25, 0.3) is 5.91 Å². The molecule has 1 unspecified atom stereocenters. The fourth-order valence-electron chi connectivity index (χ4n) is 2.83. The normalized spacial score (nSPS) is 18.3. The predicted molar refractivity (Wildman–Crippen MR) is 89.3 cm³/mol. The number of carbonyl (C=O) groups is 1. The fourth-order valence-corrected chi connectivity index (χ4v) is 3.15. The quantitative estimate of drug-likeness (QED) is 0.715. The zero-order valence-corrected chi connectivity index (χ0v) is 14.4. The smallest absolute Gasteiger partial charge is 0.254 e. The number of halogens is 1. The standard InChI is InChI=1S/C17H24BrNO2/c1-13(2)21-16-9-7-14(8-10-16)17(20)19-12-4-6-15(19)5-3-11-18/h7-10,13,15H,3-6,11-12H2,1-2H3. The summed E-state index contributed by atoms with van der Waals surface area (Å²) in [7, 11) is 0. The van der Waals surface area contributed by atoms with Gasteiger partial charge in [-0.25, -0.2) is 0 Å². The van der Waals surface area contributed by atoms with Crippen LogP contribution in [0, 0.1) is 0 Å². The summed E-state index contributed by atoms with van der Waals surface area (Å²) in [5, 5.41) is 1.01. The van der Waals surface area contributed by atoms with Crippen LogP contribution in [0.1, 0.15) is 49.9 Å². The minimum atomic E-state index is 0.152. The maximum atomic E-state index is 12.6. The molecule has 1 aliphatic heterocycles. The van der Waals surface area contributed by atoms with Crippen molar-refractivity contribution in [2.45, 2.75) is 51.7 Å². The first-order chi connectivity index (χ1) is 10.1. The van der Waals surface area contributed by atoms with Gasteiger partial charge in [0.1, 0.15) is 5.75 Å². The summed E-state index contributed by atoms with van der Waals surface area (Å²) in [5.74, 6) is 0.974. The molecule has 1 aromatic rings. The molecule has 0 radical (unpaired) electrons. The molecule has 1 atom stereocenters. The Morgan fingerprint density at radius 3 is 2.71 bits per heavy atom. The summed E-state index contributed by atoms with van der Waals surface area (Å²) >= 11 is 3.47. The van der Waals surface area contributed by atoms with E-state index in [1.54, 1.807) is 0 Å². The van der Waals surface area contributed by atoms with Crippen LogP contribution in [0.15, 0.2) is 24.3 Å². The molecule has 21 heavy (non-hydrogen) atoms. The van der Waals surface area contributed by atoms with E-state index in [0.717, 1.165) is 48.9 Å². The Bertz CT molecular complexity index is 458. The third-order valence-corrected chi connectivity index (χ3v) is 4.34. The first-order valence-electron chi connectivity index (χ1n) is 7.75. The molecule has 1 amide bonds. The highest BCUT2D eigenvalue weighted by Gasteiger charge is 2.28. The van der Waals surface area contributed by atoms with Crippen LogP contribution in [0.2, 0.25) is 0 Å². The zero-order chi connectivity index (χ0) is 15.2. The molecular formula is C17H24BrNO2. The van der Waals surface area contributed by atoms with Crippen LogP contribution < -0.4 is 4.74 Å². The van der Waals surface area contributed by atoms with Crippen LogP contribution in [0.3, 0.4) is 0 Å². The predicted octanol–water partition coefficient (Wildman–Crippen LogP) is 4.25. The number of ether oxygens (including phenoxy) is 1. The molecule has 0 bridgehead atoms. The molecule has 1 aliphatic rings. The molecule has 0 saturated carbocycles. The van der Waals surface area contributed by atoms with Gasteiger partial charge in [0, 0.05) is 23.5 Å². The van der Waals surface area contributed by atoms with E-state index in [1.165, 1.54) is 0 Å². The number of likely N-dealkylation sites (tertiary alicyclic amines) is 1.